The molecule has 0 saturated carbocycles. The monoisotopic (exact) mass is 491 g/mol. The van der Waals surface area contributed by atoms with E-state index in [9.17, 15) is 8.42 Å². The number of hydrogen-bond donors (Lipinski definition) is 2. The molecule has 0 spiro atoms. The smallest absolute Gasteiger partial charge is 0.263 e. The lowest BCUT2D eigenvalue weighted by Gasteiger charge is -2.11. The number of aryl methyl sites for hydroxylation is 1. The van der Waals surface area contributed by atoms with Crippen LogP contribution >= 0.6 is 23.2 Å². The molecule has 2 heterocycles. The fraction of sp³-hybridized carbons (Fsp3) is 0.190. The van der Waals surface area contributed by atoms with Crippen LogP contribution in [0.15, 0.2) is 47.4 Å². The molecule has 0 unspecified atom stereocenters. The maximum atomic E-state index is 12.7. The second-order valence-electron chi connectivity index (χ2n) is 7.01. The lowest BCUT2D eigenvalue weighted by Crippen LogP contribution is -2.13. The second-order valence-corrected chi connectivity index (χ2v) is 9.50. The summed E-state index contributed by atoms with van der Waals surface area (Å²) in [6.45, 7) is 4.41. The Morgan fingerprint density at radius 1 is 1.09 bits per heavy atom. The predicted octanol–water partition coefficient (Wildman–Crippen LogP) is 5.22. The highest BCUT2D eigenvalue weighted by atomic mass is 35.5. The summed E-state index contributed by atoms with van der Waals surface area (Å²) in [6, 6.07) is 10.9. The number of nitrogens with one attached hydrogen (secondary N) is 2. The van der Waals surface area contributed by atoms with E-state index in [-0.39, 0.29) is 14.9 Å². The van der Waals surface area contributed by atoms with Crippen LogP contribution in [0.4, 0.5) is 5.69 Å². The van der Waals surface area contributed by atoms with E-state index < -0.39 is 10.0 Å². The third-order valence-electron chi connectivity index (χ3n) is 4.58. The van der Waals surface area contributed by atoms with E-state index in [2.05, 4.69) is 24.9 Å². The number of halogens is 2. The molecule has 0 amide bonds. The van der Waals surface area contributed by atoms with Crippen LogP contribution in [0, 0.1) is 6.92 Å². The molecule has 2 aromatic carbocycles. The number of nitrogens with zero attached hydrogens (tertiary/aromatic N) is 3. The molecule has 0 atom stereocenters. The molecule has 0 saturated heterocycles. The molecule has 32 heavy (non-hydrogen) atoms. The lowest BCUT2D eigenvalue weighted by molar-refractivity contribution is 0.309. The van der Waals surface area contributed by atoms with Crippen LogP contribution in [0.3, 0.4) is 0 Å². The van der Waals surface area contributed by atoms with Gasteiger partial charge in [0.15, 0.2) is 11.5 Å². The first-order valence-electron chi connectivity index (χ1n) is 9.72. The molecule has 0 fully saturated rings. The van der Waals surface area contributed by atoms with Crippen LogP contribution < -0.4 is 9.46 Å². The molecule has 8 nitrogen and oxygen atoms in total. The van der Waals surface area contributed by atoms with Crippen LogP contribution in [-0.4, -0.2) is 35.2 Å². The molecule has 0 radical (unpaired) electrons. The Morgan fingerprint density at radius 2 is 1.84 bits per heavy atom. The molecule has 2 N–H and O–H groups in total. The van der Waals surface area contributed by atoms with Gasteiger partial charge >= 0.3 is 0 Å². The second kappa shape index (κ2) is 8.93. The van der Waals surface area contributed by atoms with E-state index in [1.165, 1.54) is 18.2 Å². The number of sulfonamides is 1. The van der Waals surface area contributed by atoms with Crippen molar-refractivity contribution in [3.8, 4) is 17.3 Å². The van der Waals surface area contributed by atoms with Crippen molar-refractivity contribution in [2.45, 2.75) is 25.2 Å². The lowest BCUT2D eigenvalue weighted by atomic mass is 10.2. The first kappa shape index (κ1) is 22.3. The van der Waals surface area contributed by atoms with Gasteiger partial charge in [-0.1, -0.05) is 30.1 Å². The van der Waals surface area contributed by atoms with Crippen molar-refractivity contribution in [2.75, 3.05) is 11.3 Å². The fourth-order valence-electron chi connectivity index (χ4n) is 3.04. The topological polar surface area (TPSA) is 110 Å². The van der Waals surface area contributed by atoms with Gasteiger partial charge in [-0.2, -0.15) is 10.1 Å². The van der Waals surface area contributed by atoms with Crippen LogP contribution in [0.5, 0.6) is 5.88 Å². The van der Waals surface area contributed by atoms with Gasteiger partial charge in [0, 0.05) is 22.0 Å². The Hall–Kier alpha value is -2.88. The Bertz CT molecular complexity index is 1390. The van der Waals surface area contributed by atoms with Crippen LogP contribution in [0.2, 0.25) is 10.0 Å². The number of benzene rings is 2. The maximum absolute atomic E-state index is 12.7. The van der Waals surface area contributed by atoms with Gasteiger partial charge in [-0.25, -0.2) is 13.4 Å². The van der Waals surface area contributed by atoms with Gasteiger partial charge < -0.3 is 4.74 Å². The molecule has 0 bridgehead atoms. The summed E-state index contributed by atoms with van der Waals surface area (Å²) in [5, 5.41) is 8.21. The van der Waals surface area contributed by atoms with Crippen molar-refractivity contribution >= 4 is 49.9 Å². The van der Waals surface area contributed by atoms with E-state index in [0.29, 0.717) is 35.2 Å². The standard InChI is InChI=1S/C21H19Cl2N5O3S/c1-3-10-31-21-18-12(2)26-27-20(18)24-19(25-21)13-4-7-15(8-5-13)28-32(29,30)17-11-14(22)6-9-16(17)23/h4-9,11,28H,3,10H2,1-2H3,(H,24,25,26,27). The van der Waals surface area contributed by atoms with E-state index in [0.717, 1.165) is 17.5 Å². The highest BCUT2D eigenvalue weighted by Crippen LogP contribution is 2.30. The highest BCUT2D eigenvalue weighted by molar-refractivity contribution is 7.92. The van der Waals surface area contributed by atoms with Gasteiger partial charge in [0.2, 0.25) is 5.88 Å². The fourth-order valence-corrected chi connectivity index (χ4v) is 4.87. The van der Waals surface area contributed by atoms with Crippen molar-refractivity contribution in [1.82, 2.24) is 20.2 Å². The predicted molar refractivity (Wildman–Crippen MR) is 125 cm³/mol. The summed E-state index contributed by atoms with van der Waals surface area (Å²) in [5.41, 5.74) is 2.35. The Kier molecular flexibility index (Phi) is 6.23. The zero-order chi connectivity index (χ0) is 22.9. The Morgan fingerprint density at radius 3 is 2.56 bits per heavy atom. The number of ether oxygens (including phenoxy) is 1. The molecular weight excluding hydrogens is 473 g/mol. The molecule has 0 aliphatic rings. The number of aromatic amines is 1. The minimum atomic E-state index is -3.92. The van der Waals surface area contributed by atoms with Crippen molar-refractivity contribution in [2.24, 2.45) is 0 Å². The van der Waals surface area contributed by atoms with Gasteiger partial charge in [-0.15, -0.1) is 0 Å². The summed E-state index contributed by atoms with van der Waals surface area (Å²) >= 11 is 12.0. The van der Waals surface area contributed by atoms with E-state index in [1.54, 1.807) is 24.3 Å². The average Bonchev–Trinajstić information content (AvgIpc) is 3.15. The molecule has 0 aliphatic carbocycles. The number of hydrogen-bond acceptors (Lipinski definition) is 6. The normalized spacial score (nSPS) is 11.6. The first-order chi connectivity index (χ1) is 15.3. The molecule has 0 aliphatic heterocycles. The van der Waals surface area contributed by atoms with Crippen LogP contribution in [0.1, 0.15) is 19.0 Å². The van der Waals surface area contributed by atoms with Crippen LogP contribution in [-0.2, 0) is 10.0 Å². The third kappa shape index (κ3) is 4.50. The summed E-state index contributed by atoms with van der Waals surface area (Å²) in [6.07, 6.45) is 0.837. The van der Waals surface area contributed by atoms with Crippen LogP contribution in [0.25, 0.3) is 22.4 Å². The van der Waals surface area contributed by atoms with Crippen molar-refractivity contribution < 1.29 is 13.2 Å². The Labute approximate surface area is 195 Å². The zero-order valence-electron chi connectivity index (χ0n) is 17.2. The zero-order valence-corrected chi connectivity index (χ0v) is 19.5. The highest BCUT2D eigenvalue weighted by Gasteiger charge is 2.19. The third-order valence-corrected chi connectivity index (χ3v) is 6.68. The summed E-state index contributed by atoms with van der Waals surface area (Å²) < 4.78 is 33.7. The molecule has 4 aromatic rings. The maximum Gasteiger partial charge on any atom is 0.263 e. The van der Waals surface area contributed by atoms with Gasteiger partial charge in [0.05, 0.1) is 11.6 Å². The SMILES string of the molecule is CCCOc1nc(-c2ccc(NS(=O)(=O)c3cc(Cl)ccc3Cl)cc2)nc2n[nH]c(C)c12. The summed E-state index contributed by atoms with van der Waals surface area (Å²) in [4.78, 5) is 8.95. The van der Waals surface area contributed by atoms with Crippen molar-refractivity contribution in [3.05, 3.63) is 58.2 Å². The van der Waals surface area contributed by atoms with Gasteiger partial charge in [0.1, 0.15) is 10.3 Å². The van der Waals surface area contributed by atoms with Gasteiger partial charge in [-0.05, 0) is 55.8 Å². The number of anilines is 1. The minimum Gasteiger partial charge on any atom is -0.477 e. The van der Waals surface area contributed by atoms with Gasteiger partial charge in [0.25, 0.3) is 10.0 Å². The molecule has 2 aromatic heterocycles. The molecular formula is C21H19Cl2N5O3S. The number of H-pyrrole nitrogens is 1. The van der Waals surface area contributed by atoms with E-state index in [4.69, 9.17) is 27.9 Å². The number of aromatic nitrogens is 4. The molecule has 166 valence electrons. The van der Waals surface area contributed by atoms with Crippen molar-refractivity contribution in [1.29, 1.82) is 0 Å². The minimum absolute atomic E-state index is 0.0779. The molecule has 4 rings (SSSR count). The van der Waals surface area contributed by atoms with E-state index in [1.807, 2.05) is 13.8 Å². The number of fused-ring (bicyclic) bond motifs is 1. The molecule has 11 heteroatoms. The Balaban J connectivity index is 1.64. The number of rotatable bonds is 7. The average molecular weight is 492 g/mol. The summed E-state index contributed by atoms with van der Waals surface area (Å²) in [7, 11) is -3.92. The first-order valence-corrected chi connectivity index (χ1v) is 12.0. The summed E-state index contributed by atoms with van der Waals surface area (Å²) in [5.74, 6) is 0.876. The van der Waals surface area contributed by atoms with Crippen molar-refractivity contribution in [3.63, 3.8) is 0 Å². The quantitative estimate of drug-likeness (QED) is 0.366. The van der Waals surface area contributed by atoms with E-state index >= 15 is 0 Å². The van der Waals surface area contributed by atoms with Gasteiger partial charge in [-0.3, -0.25) is 9.82 Å². The largest absolute Gasteiger partial charge is 0.477 e.